The third-order valence-corrected chi connectivity index (χ3v) is 4.39. The summed E-state index contributed by atoms with van der Waals surface area (Å²) in [6.07, 6.45) is 2.24. The smallest absolute Gasteiger partial charge is 0.271 e. The average molecular weight is 283 g/mol. The van der Waals surface area contributed by atoms with Gasteiger partial charge in [-0.25, -0.2) is 4.98 Å². The first-order valence-electron chi connectivity index (χ1n) is 6.72. The molecule has 0 aromatic carbocycles. The molecule has 1 amide bonds. The second kappa shape index (κ2) is 6.45. The molecule has 2 heterocycles. The number of nitrogens with one attached hydrogen (secondary N) is 2. The zero-order chi connectivity index (χ0) is 13.8. The summed E-state index contributed by atoms with van der Waals surface area (Å²) in [6, 6.07) is 0.0764. The Kier molecular flexibility index (Phi) is 4.90. The van der Waals surface area contributed by atoms with Gasteiger partial charge in [-0.2, -0.15) is 0 Å². The Balaban J connectivity index is 1.99. The van der Waals surface area contributed by atoms with E-state index in [9.17, 15) is 9.90 Å². The molecular formula is C13H21N3O2S. The molecule has 1 aliphatic heterocycles. The van der Waals surface area contributed by atoms with E-state index in [0.29, 0.717) is 11.7 Å². The van der Waals surface area contributed by atoms with Crippen molar-refractivity contribution in [3.63, 3.8) is 0 Å². The number of aromatic nitrogens is 1. The third kappa shape index (κ3) is 3.52. The molecule has 106 valence electrons. The van der Waals surface area contributed by atoms with Crippen LogP contribution in [0.2, 0.25) is 0 Å². The van der Waals surface area contributed by atoms with Crippen LogP contribution in [0.1, 0.15) is 48.2 Å². The van der Waals surface area contributed by atoms with Crippen molar-refractivity contribution in [2.45, 2.75) is 38.8 Å². The van der Waals surface area contributed by atoms with E-state index in [0.717, 1.165) is 24.4 Å². The fourth-order valence-corrected chi connectivity index (χ4v) is 3.02. The fourth-order valence-electron chi connectivity index (χ4n) is 2.11. The number of rotatable bonds is 5. The molecule has 6 heteroatoms. The second-order valence-corrected chi connectivity index (χ2v) is 6.12. The molecule has 0 saturated carbocycles. The predicted molar refractivity (Wildman–Crippen MR) is 75.3 cm³/mol. The summed E-state index contributed by atoms with van der Waals surface area (Å²) in [4.78, 5) is 16.4. The normalized spacial score (nSPS) is 20.7. The molecule has 0 radical (unpaired) electrons. The lowest BCUT2D eigenvalue weighted by Crippen LogP contribution is -2.41. The van der Waals surface area contributed by atoms with Gasteiger partial charge in [0, 0.05) is 5.38 Å². The average Bonchev–Trinajstić information content (AvgIpc) is 3.04. The molecule has 3 N–H and O–H groups in total. The van der Waals surface area contributed by atoms with E-state index in [1.54, 1.807) is 5.38 Å². The van der Waals surface area contributed by atoms with Crippen LogP contribution >= 0.6 is 11.3 Å². The lowest BCUT2D eigenvalue weighted by molar-refractivity contribution is 0.0892. The Hall–Kier alpha value is -0.980. The highest BCUT2D eigenvalue weighted by molar-refractivity contribution is 7.09. The molecule has 2 atom stereocenters. The number of aliphatic hydroxyl groups is 1. The predicted octanol–water partition coefficient (Wildman–Crippen LogP) is 1.31. The molecule has 1 aliphatic rings. The molecule has 1 aromatic heterocycles. The van der Waals surface area contributed by atoms with E-state index in [-0.39, 0.29) is 24.5 Å². The number of carbonyl (C=O) groups is 1. The van der Waals surface area contributed by atoms with Gasteiger partial charge in [-0.15, -0.1) is 11.3 Å². The lowest BCUT2D eigenvalue weighted by atomic mass is 10.1. The van der Waals surface area contributed by atoms with E-state index in [1.165, 1.54) is 11.3 Å². The van der Waals surface area contributed by atoms with Crippen LogP contribution in [0.5, 0.6) is 0 Å². The molecular weight excluding hydrogens is 262 g/mol. The highest BCUT2D eigenvalue weighted by Crippen LogP contribution is 2.25. The third-order valence-electron chi connectivity index (χ3n) is 3.43. The van der Waals surface area contributed by atoms with Crippen LogP contribution in [0.25, 0.3) is 0 Å². The van der Waals surface area contributed by atoms with Gasteiger partial charge in [0.25, 0.3) is 5.91 Å². The highest BCUT2D eigenvalue weighted by atomic mass is 32.1. The number of amides is 1. The first kappa shape index (κ1) is 14.4. The molecule has 0 bridgehead atoms. The number of hydrogen-bond acceptors (Lipinski definition) is 5. The minimum Gasteiger partial charge on any atom is -0.394 e. The standard InChI is InChI=1S/C13H21N3O2S/c1-8(2)10(6-17)15-12(18)11-7-19-13(16-11)9-4-3-5-14-9/h7-10,14,17H,3-6H2,1-2H3,(H,15,18). The van der Waals surface area contributed by atoms with E-state index in [1.807, 2.05) is 13.8 Å². The monoisotopic (exact) mass is 283 g/mol. The maximum Gasteiger partial charge on any atom is 0.271 e. The summed E-state index contributed by atoms with van der Waals surface area (Å²) in [5, 5.41) is 18.2. The van der Waals surface area contributed by atoms with Gasteiger partial charge in [-0.3, -0.25) is 4.79 Å². The molecule has 0 spiro atoms. The van der Waals surface area contributed by atoms with Gasteiger partial charge in [-0.05, 0) is 25.3 Å². The van der Waals surface area contributed by atoms with Gasteiger partial charge >= 0.3 is 0 Å². The fraction of sp³-hybridized carbons (Fsp3) is 0.692. The Morgan fingerprint density at radius 2 is 2.47 bits per heavy atom. The molecule has 1 aromatic rings. The summed E-state index contributed by atoms with van der Waals surface area (Å²) >= 11 is 1.52. The van der Waals surface area contributed by atoms with Crippen LogP contribution in [0, 0.1) is 5.92 Å². The van der Waals surface area contributed by atoms with Gasteiger partial charge in [0.1, 0.15) is 10.7 Å². The van der Waals surface area contributed by atoms with Crippen LogP contribution in [-0.4, -0.2) is 35.2 Å². The topological polar surface area (TPSA) is 74.2 Å². The van der Waals surface area contributed by atoms with Crippen molar-refractivity contribution in [1.29, 1.82) is 0 Å². The van der Waals surface area contributed by atoms with Gasteiger partial charge in [0.15, 0.2) is 0 Å². The van der Waals surface area contributed by atoms with Crippen molar-refractivity contribution in [2.24, 2.45) is 5.92 Å². The summed E-state index contributed by atoms with van der Waals surface area (Å²) in [5.41, 5.74) is 0.452. The van der Waals surface area contributed by atoms with Gasteiger partial charge in [-0.1, -0.05) is 13.8 Å². The Morgan fingerprint density at radius 1 is 1.68 bits per heavy atom. The van der Waals surface area contributed by atoms with Crippen molar-refractivity contribution in [1.82, 2.24) is 15.6 Å². The van der Waals surface area contributed by atoms with Gasteiger partial charge in [0.05, 0.1) is 18.7 Å². The van der Waals surface area contributed by atoms with Crippen molar-refractivity contribution in [3.8, 4) is 0 Å². The van der Waals surface area contributed by atoms with E-state index >= 15 is 0 Å². The van der Waals surface area contributed by atoms with Crippen LogP contribution in [0.15, 0.2) is 5.38 Å². The van der Waals surface area contributed by atoms with Crippen LogP contribution < -0.4 is 10.6 Å². The minimum atomic E-state index is -0.220. The second-order valence-electron chi connectivity index (χ2n) is 5.23. The van der Waals surface area contributed by atoms with Crippen molar-refractivity contribution in [2.75, 3.05) is 13.2 Å². The molecule has 5 nitrogen and oxygen atoms in total. The van der Waals surface area contributed by atoms with Gasteiger partial charge in [0.2, 0.25) is 0 Å². The maximum atomic E-state index is 12.0. The molecule has 19 heavy (non-hydrogen) atoms. The van der Waals surface area contributed by atoms with Crippen molar-refractivity contribution in [3.05, 3.63) is 16.1 Å². The number of nitrogens with zero attached hydrogens (tertiary/aromatic N) is 1. The summed E-state index contributed by atoms with van der Waals surface area (Å²) in [5.74, 6) is -0.00296. The maximum absolute atomic E-state index is 12.0. The van der Waals surface area contributed by atoms with E-state index < -0.39 is 0 Å². The summed E-state index contributed by atoms with van der Waals surface area (Å²) in [7, 11) is 0. The van der Waals surface area contributed by atoms with Crippen molar-refractivity contribution < 1.29 is 9.90 Å². The zero-order valence-corrected chi connectivity index (χ0v) is 12.2. The van der Waals surface area contributed by atoms with Gasteiger partial charge < -0.3 is 15.7 Å². The zero-order valence-electron chi connectivity index (χ0n) is 11.3. The Bertz CT molecular complexity index is 427. The first-order chi connectivity index (χ1) is 9.11. The number of hydrogen-bond donors (Lipinski definition) is 3. The van der Waals surface area contributed by atoms with Crippen LogP contribution in [0.3, 0.4) is 0 Å². The Morgan fingerprint density at radius 3 is 3.05 bits per heavy atom. The van der Waals surface area contributed by atoms with E-state index in [4.69, 9.17) is 0 Å². The minimum absolute atomic E-state index is 0.0510. The first-order valence-corrected chi connectivity index (χ1v) is 7.60. The molecule has 0 aliphatic carbocycles. The Labute approximate surface area is 117 Å². The molecule has 2 unspecified atom stereocenters. The largest absolute Gasteiger partial charge is 0.394 e. The molecule has 2 rings (SSSR count). The lowest BCUT2D eigenvalue weighted by Gasteiger charge is -2.19. The van der Waals surface area contributed by atoms with Crippen LogP contribution in [0.4, 0.5) is 0 Å². The van der Waals surface area contributed by atoms with Crippen molar-refractivity contribution >= 4 is 17.2 Å². The number of thiazole rings is 1. The molecule has 1 saturated heterocycles. The van der Waals surface area contributed by atoms with E-state index in [2.05, 4.69) is 15.6 Å². The number of aliphatic hydroxyl groups excluding tert-OH is 1. The summed E-state index contributed by atoms with van der Waals surface area (Å²) < 4.78 is 0. The quantitative estimate of drug-likeness (QED) is 0.762. The number of carbonyl (C=O) groups excluding carboxylic acids is 1. The van der Waals surface area contributed by atoms with Crippen LogP contribution in [-0.2, 0) is 0 Å². The molecule has 1 fully saturated rings. The SMILES string of the molecule is CC(C)C(CO)NC(=O)c1csc(C2CCCN2)n1. The summed E-state index contributed by atoms with van der Waals surface area (Å²) in [6.45, 7) is 4.91. The highest BCUT2D eigenvalue weighted by Gasteiger charge is 2.22.